The fourth-order valence-electron chi connectivity index (χ4n) is 1.83. The van der Waals surface area contributed by atoms with Crippen LogP contribution in [0.3, 0.4) is 0 Å². The van der Waals surface area contributed by atoms with Crippen LogP contribution in [-0.2, 0) is 0 Å². The maximum absolute atomic E-state index is 11.5. The van der Waals surface area contributed by atoms with E-state index in [4.69, 9.17) is 5.73 Å². The van der Waals surface area contributed by atoms with E-state index in [1.54, 1.807) is 19.3 Å². The molecule has 7 nitrogen and oxygen atoms in total. The van der Waals surface area contributed by atoms with E-state index in [-0.39, 0.29) is 11.8 Å². The quantitative estimate of drug-likeness (QED) is 0.847. The number of hydrogen-bond acceptors (Lipinski definition) is 5. The molecule has 1 amide bonds. The Morgan fingerprint density at radius 2 is 2.16 bits per heavy atom. The summed E-state index contributed by atoms with van der Waals surface area (Å²) in [6, 6.07) is 1.63. The second kappa shape index (κ2) is 5.05. The van der Waals surface area contributed by atoms with Gasteiger partial charge in [-0.3, -0.25) is 4.79 Å². The Hall–Kier alpha value is -2.44. The Morgan fingerprint density at radius 1 is 1.42 bits per heavy atom. The molecule has 3 N–H and O–H groups in total. The molecule has 19 heavy (non-hydrogen) atoms. The lowest BCUT2D eigenvalue weighted by Crippen LogP contribution is -2.19. The van der Waals surface area contributed by atoms with E-state index >= 15 is 0 Å². The van der Waals surface area contributed by atoms with Crippen LogP contribution in [0.25, 0.3) is 5.82 Å². The first kappa shape index (κ1) is 13.0. The van der Waals surface area contributed by atoms with Crippen LogP contribution in [0.15, 0.2) is 18.6 Å². The average molecular weight is 260 g/mol. The fourth-order valence-corrected chi connectivity index (χ4v) is 1.83. The predicted octanol–water partition coefficient (Wildman–Crippen LogP) is 0.727. The van der Waals surface area contributed by atoms with Crippen LogP contribution in [0.4, 0.5) is 5.82 Å². The van der Waals surface area contributed by atoms with E-state index < -0.39 is 0 Å². The number of carbonyl (C=O) groups is 1. The van der Waals surface area contributed by atoms with Crippen LogP contribution in [0, 0.1) is 0 Å². The van der Waals surface area contributed by atoms with E-state index in [1.165, 1.54) is 11.0 Å². The van der Waals surface area contributed by atoms with E-state index in [0.717, 1.165) is 5.56 Å². The molecular weight excluding hydrogens is 244 g/mol. The van der Waals surface area contributed by atoms with Crippen molar-refractivity contribution in [1.29, 1.82) is 0 Å². The third-order valence-electron chi connectivity index (χ3n) is 2.74. The van der Waals surface area contributed by atoms with Crippen LogP contribution in [0.2, 0.25) is 0 Å². The number of nitrogens with two attached hydrogens (primary N) is 1. The van der Waals surface area contributed by atoms with Gasteiger partial charge < -0.3 is 11.1 Å². The van der Waals surface area contributed by atoms with Crippen molar-refractivity contribution in [2.75, 3.05) is 12.8 Å². The number of carbonyl (C=O) groups excluding carboxylic acids is 1. The van der Waals surface area contributed by atoms with Gasteiger partial charge in [0.1, 0.15) is 12.1 Å². The monoisotopic (exact) mass is 260 g/mol. The summed E-state index contributed by atoms with van der Waals surface area (Å²) in [5.41, 5.74) is 7.02. The molecule has 100 valence electrons. The lowest BCUT2D eigenvalue weighted by atomic mass is 10.1. The van der Waals surface area contributed by atoms with Crippen LogP contribution >= 0.6 is 0 Å². The summed E-state index contributed by atoms with van der Waals surface area (Å²) in [7, 11) is 1.56. The minimum absolute atomic E-state index is 0.156. The molecule has 0 radical (unpaired) electrons. The van der Waals surface area contributed by atoms with Gasteiger partial charge in [-0.25, -0.2) is 14.6 Å². The molecule has 0 saturated heterocycles. The number of anilines is 1. The highest BCUT2D eigenvalue weighted by molar-refractivity contribution is 5.91. The van der Waals surface area contributed by atoms with Gasteiger partial charge in [0.15, 0.2) is 11.5 Å². The van der Waals surface area contributed by atoms with E-state index in [2.05, 4.69) is 20.4 Å². The summed E-state index contributed by atoms with van der Waals surface area (Å²) >= 11 is 0. The standard InChI is InChI=1S/C12H16N6O/c1-7(2)9-10(13)15-6-16-11(9)18-5-4-8(17-18)12(19)14-3/h4-7H,1-3H3,(H,14,19)(H2,13,15,16). The predicted molar refractivity (Wildman–Crippen MR) is 71.0 cm³/mol. The van der Waals surface area contributed by atoms with Gasteiger partial charge in [-0.05, 0) is 12.0 Å². The fraction of sp³-hybridized carbons (Fsp3) is 0.333. The number of nitrogens with one attached hydrogen (secondary N) is 1. The molecule has 0 bridgehead atoms. The lowest BCUT2D eigenvalue weighted by Gasteiger charge is -2.12. The van der Waals surface area contributed by atoms with Gasteiger partial charge in [-0.15, -0.1) is 0 Å². The summed E-state index contributed by atoms with van der Waals surface area (Å²) in [6.45, 7) is 4.00. The van der Waals surface area contributed by atoms with Crippen LogP contribution in [-0.4, -0.2) is 32.7 Å². The molecule has 0 unspecified atom stereocenters. The number of rotatable bonds is 3. The Labute approximate surface area is 110 Å². The Bertz CT molecular complexity index is 604. The molecule has 0 aliphatic heterocycles. The zero-order chi connectivity index (χ0) is 14.0. The summed E-state index contributed by atoms with van der Waals surface area (Å²) in [6.07, 6.45) is 3.07. The first-order chi connectivity index (χ1) is 9.04. The highest BCUT2D eigenvalue weighted by atomic mass is 16.1. The molecule has 2 aromatic rings. The van der Waals surface area contributed by atoms with Crippen molar-refractivity contribution in [3.05, 3.63) is 29.8 Å². The molecule has 0 aliphatic carbocycles. The maximum Gasteiger partial charge on any atom is 0.271 e. The third-order valence-corrected chi connectivity index (χ3v) is 2.74. The zero-order valence-corrected chi connectivity index (χ0v) is 11.1. The van der Waals surface area contributed by atoms with Crippen molar-refractivity contribution in [2.24, 2.45) is 0 Å². The molecular formula is C12H16N6O. The molecule has 7 heteroatoms. The van der Waals surface area contributed by atoms with E-state index in [0.29, 0.717) is 17.3 Å². The van der Waals surface area contributed by atoms with Gasteiger partial charge >= 0.3 is 0 Å². The molecule has 2 aromatic heterocycles. The highest BCUT2D eigenvalue weighted by Crippen LogP contribution is 2.24. The van der Waals surface area contributed by atoms with E-state index in [1.807, 2.05) is 13.8 Å². The second-order valence-corrected chi connectivity index (χ2v) is 4.38. The Balaban J connectivity index is 2.50. The summed E-state index contributed by atoms with van der Waals surface area (Å²) in [4.78, 5) is 19.7. The normalized spacial score (nSPS) is 10.7. The minimum Gasteiger partial charge on any atom is -0.383 e. The molecule has 2 rings (SSSR count). The number of hydrogen-bond donors (Lipinski definition) is 2. The second-order valence-electron chi connectivity index (χ2n) is 4.38. The van der Waals surface area contributed by atoms with Gasteiger partial charge in [0.25, 0.3) is 5.91 Å². The Morgan fingerprint density at radius 3 is 2.79 bits per heavy atom. The molecule has 2 heterocycles. The number of nitrogen functional groups attached to an aromatic ring is 1. The topological polar surface area (TPSA) is 98.7 Å². The van der Waals surface area contributed by atoms with Gasteiger partial charge in [0.05, 0.1) is 0 Å². The SMILES string of the molecule is CNC(=O)c1ccn(-c2ncnc(N)c2C(C)C)n1. The number of aromatic nitrogens is 4. The van der Waals surface area contributed by atoms with Gasteiger partial charge in [0, 0.05) is 18.8 Å². The van der Waals surface area contributed by atoms with Crippen molar-refractivity contribution in [1.82, 2.24) is 25.1 Å². The molecule has 0 fully saturated rings. The van der Waals surface area contributed by atoms with Crippen molar-refractivity contribution in [2.45, 2.75) is 19.8 Å². The summed E-state index contributed by atoms with van der Waals surface area (Å²) in [5, 5.41) is 6.72. The first-order valence-electron chi connectivity index (χ1n) is 5.93. The van der Waals surface area contributed by atoms with Gasteiger partial charge in [-0.1, -0.05) is 13.8 Å². The summed E-state index contributed by atoms with van der Waals surface area (Å²) < 4.78 is 1.54. The third kappa shape index (κ3) is 2.40. The van der Waals surface area contributed by atoms with Crippen LogP contribution < -0.4 is 11.1 Å². The van der Waals surface area contributed by atoms with Crippen molar-refractivity contribution in [3.8, 4) is 5.82 Å². The molecule has 0 aromatic carbocycles. The smallest absolute Gasteiger partial charge is 0.271 e. The molecule has 0 saturated carbocycles. The molecule has 0 spiro atoms. The van der Waals surface area contributed by atoms with Gasteiger partial charge in [-0.2, -0.15) is 5.10 Å². The molecule has 0 aliphatic rings. The largest absolute Gasteiger partial charge is 0.383 e. The van der Waals surface area contributed by atoms with Gasteiger partial charge in [0.2, 0.25) is 0 Å². The average Bonchev–Trinajstić information content (AvgIpc) is 2.86. The summed E-state index contributed by atoms with van der Waals surface area (Å²) in [5.74, 6) is 0.936. The van der Waals surface area contributed by atoms with Crippen molar-refractivity contribution >= 4 is 11.7 Å². The Kier molecular flexibility index (Phi) is 3.46. The highest BCUT2D eigenvalue weighted by Gasteiger charge is 2.16. The van der Waals surface area contributed by atoms with Crippen molar-refractivity contribution < 1.29 is 4.79 Å². The minimum atomic E-state index is -0.244. The van der Waals surface area contributed by atoms with Crippen molar-refractivity contribution in [3.63, 3.8) is 0 Å². The number of amides is 1. The van der Waals surface area contributed by atoms with Crippen LogP contribution in [0.5, 0.6) is 0 Å². The maximum atomic E-state index is 11.5. The lowest BCUT2D eigenvalue weighted by molar-refractivity contribution is 0.0957. The molecule has 0 atom stereocenters. The van der Waals surface area contributed by atoms with Crippen LogP contribution in [0.1, 0.15) is 35.8 Å². The first-order valence-corrected chi connectivity index (χ1v) is 5.93. The van der Waals surface area contributed by atoms with E-state index in [9.17, 15) is 4.79 Å². The number of nitrogens with zero attached hydrogens (tertiary/aromatic N) is 4. The zero-order valence-electron chi connectivity index (χ0n) is 11.1.